The fourth-order valence-electron chi connectivity index (χ4n) is 20.7. The molecular formula is C129H81N9. The van der Waals surface area contributed by atoms with Gasteiger partial charge in [-0.15, -0.1) is 0 Å². The maximum Gasteiger partial charge on any atom is 0.164 e. The summed E-state index contributed by atoms with van der Waals surface area (Å²) < 4.78 is 4.86. The van der Waals surface area contributed by atoms with Gasteiger partial charge in [-0.1, -0.05) is 413 Å². The van der Waals surface area contributed by atoms with E-state index in [2.05, 4.69) is 440 Å². The maximum absolute atomic E-state index is 5.71. The molecule has 0 N–H and O–H groups in total. The predicted octanol–water partition coefficient (Wildman–Crippen LogP) is 33.4. The molecule has 0 fully saturated rings. The Morgan fingerprint density at radius 3 is 1.00 bits per heavy atom. The molecule has 9 nitrogen and oxygen atoms in total. The Morgan fingerprint density at radius 1 is 0.159 bits per heavy atom. The first-order valence-electron chi connectivity index (χ1n) is 46.8. The van der Waals surface area contributed by atoms with Crippen LogP contribution in [0.5, 0.6) is 0 Å². The summed E-state index contributed by atoms with van der Waals surface area (Å²) in [6.45, 7) is 0. The molecule has 0 bridgehead atoms. The van der Waals surface area contributed by atoms with Crippen molar-refractivity contribution in [3.8, 4) is 146 Å². The minimum Gasteiger partial charge on any atom is -0.308 e. The van der Waals surface area contributed by atoms with Gasteiger partial charge in [0.2, 0.25) is 0 Å². The molecule has 0 aliphatic carbocycles. The Kier molecular flexibility index (Phi) is 19.7. The Balaban J connectivity index is 0.000000143. The van der Waals surface area contributed by atoms with E-state index in [1.807, 2.05) is 60.7 Å². The highest BCUT2D eigenvalue weighted by Gasteiger charge is 2.28. The molecule has 0 spiro atoms. The van der Waals surface area contributed by atoms with Crippen LogP contribution in [0.1, 0.15) is 0 Å². The van der Waals surface area contributed by atoms with Crippen LogP contribution in [0.2, 0.25) is 0 Å². The van der Waals surface area contributed by atoms with Crippen LogP contribution in [-0.4, -0.2) is 44.0 Å². The molecular weight excluding hydrogens is 1680 g/mol. The zero-order valence-corrected chi connectivity index (χ0v) is 74.8. The number of hydrogen-bond donors (Lipinski definition) is 0. The lowest BCUT2D eigenvalue weighted by atomic mass is 9.86. The number of pyridine rings is 2. The van der Waals surface area contributed by atoms with Crippen LogP contribution in [0.25, 0.3) is 266 Å². The van der Waals surface area contributed by atoms with Gasteiger partial charge in [-0.05, 0) is 177 Å². The van der Waals surface area contributed by atoms with E-state index in [-0.39, 0.29) is 0 Å². The smallest absolute Gasteiger partial charge is 0.164 e. The van der Waals surface area contributed by atoms with Crippen molar-refractivity contribution in [1.82, 2.24) is 44.0 Å². The Labute approximate surface area is 795 Å². The number of para-hydroxylation sites is 4. The van der Waals surface area contributed by atoms with Crippen molar-refractivity contribution in [2.45, 2.75) is 0 Å². The molecule has 0 aliphatic rings. The average Bonchev–Trinajstić information content (AvgIpc) is 1.53. The third-order valence-corrected chi connectivity index (χ3v) is 27.2. The van der Waals surface area contributed by atoms with Crippen LogP contribution >= 0.6 is 0 Å². The van der Waals surface area contributed by atoms with Crippen molar-refractivity contribution in [3.05, 3.63) is 491 Å². The van der Waals surface area contributed by atoms with Gasteiger partial charge in [0.25, 0.3) is 0 Å². The standard InChI is InChI=1S/C66H41N5.C63H40N4/c1-3-17-42(18-4-1)43-31-33-46(34-32-43)65-68-64(45-20-5-2-6-21-45)69-66(70-65)47-35-38-49(39-36-47)71-59-30-16-14-28-56(59)61-62(67-58-29-15-13-27-55(58)63(61)71)60-51-24-10-7-19-44(51)37-40-54(60)57-41-48-22-8-9-23-50(48)52-25-11-12-26-53(52)57;1-3-16-41(17-4-1)42-30-34-44(35-31-42)57-40-58(66-63(65-57)46-18-5-2-6-19-46)45-36-32-43(33-37-45)47-21-15-22-49(38-47)67-59-29-14-12-27-54(59)60-61(64-56-28-13-11-26-53(56)62(60)67)55-39-48-20-7-8-23-50(48)51-24-9-10-25-52(51)55/h1-41H;1-40H. The first-order valence-corrected chi connectivity index (χ1v) is 46.8. The predicted molar refractivity (Wildman–Crippen MR) is 574 cm³/mol. The van der Waals surface area contributed by atoms with Gasteiger partial charge in [-0.3, -0.25) is 0 Å². The van der Waals surface area contributed by atoms with E-state index < -0.39 is 0 Å². The highest BCUT2D eigenvalue weighted by Crippen LogP contribution is 2.51. The molecule has 9 heteroatoms. The highest BCUT2D eigenvalue weighted by atomic mass is 15.0. The Morgan fingerprint density at radius 2 is 0.493 bits per heavy atom. The summed E-state index contributed by atoms with van der Waals surface area (Å²) in [7, 11) is 0. The van der Waals surface area contributed by atoms with Crippen molar-refractivity contribution in [3.63, 3.8) is 0 Å². The third-order valence-electron chi connectivity index (χ3n) is 27.2. The Hall–Kier alpha value is -18.6. The molecule has 6 aromatic heterocycles. The van der Waals surface area contributed by atoms with Crippen molar-refractivity contribution in [2.75, 3.05) is 0 Å². The summed E-state index contributed by atoms with van der Waals surface area (Å²) in [6, 6.07) is 175. The van der Waals surface area contributed by atoms with Crippen LogP contribution in [0.4, 0.5) is 0 Å². The minimum atomic E-state index is 0.608. The molecule has 0 unspecified atom stereocenters. The zero-order valence-electron chi connectivity index (χ0n) is 74.8. The number of hydrogen-bond acceptors (Lipinski definition) is 7. The lowest BCUT2D eigenvalue weighted by molar-refractivity contribution is 1.07. The number of benzene rings is 21. The van der Waals surface area contributed by atoms with Gasteiger partial charge in [0.1, 0.15) is 0 Å². The van der Waals surface area contributed by atoms with E-state index in [1.54, 1.807) is 0 Å². The number of fused-ring (bicyclic) bond motifs is 17. The van der Waals surface area contributed by atoms with Crippen molar-refractivity contribution in [2.24, 2.45) is 0 Å². The van der Waals surface area contributed by atoms with Crippen LogP contribution in [0.15, 0.2) is 491 Å². The number of aromatic nitrogens is 9. The van der Waals surface area contributed by atoms with E-state index in [4.69, 9.17) is 34.9 Å². The third kappa shape index (κ3) is 14.1. The van der Waals surface area contributed by atoms with Gasteiger partial charge in [-0.25, -0.2) is 34.9 Å². The van der Waals surface area contributed by atoms with Crippen LogP contribution in [0, 0.1) is 0 Å². The van der Waals surface area contributed by atoms with Gasteiger partial charge < -0.3 is 9.13 Å². The Bertz CT molecular complexity index is 9470. The first kappa shape index (κ1) is 80.3. The summed E-state index contributed by atoms with van der Waals surface area (Å²) in [5.41, 5.74) is 29.5. The van der Waals surface area contributed by atoms with Crippen LogP contribution in [-0.2, 0) is 0 Å². The molecule has 27 rings (SSSR count). The average molecular weight is 1760 g/mol. The lowest BCUT2D eigenvalue weighted by Gasteiger charge is -2.18. The number of rotatable bonds is 14. The molecule has 6 heterocycles. The fourth-order valence-corrected chi connectivity index (χ4v) is 20.7. The van der Waals surface area contributed by atoms with E-state index in [9.17, 15) is 0 Å². The van der Waals surface area contributed by atoms with Crippen LogP contribution in [0.3, 0.4) is 0 Å². The second-order valence-electron chi connectivity index (χ2n) is 35.3. The summed E-state index contributed by atoms with van der Waals surface area (Å²) >= 11 is 0. The van der Waals surface area contributed by atoms with Gasteiger partial charge in [0.05, 0.1) is 55.9 Å². The molecule has 0 saturated carbocycles. The molecule has 27 aromatic rings. The summed E-state index contributed by atoms with van der Waals surface area (Å²) in [4.78, 5) is 36.7. The molecule has 21 aromatic carbocycles. The van der Waals surface area contributed by atoms with E-state index in [0.29, 0.717) is 23.3 Å². The molecule has 0 aliphatic heterocycles. The minimum absolute atomic E-state index is 0.608. The highest BCUT2D eigenvalue weighted by molar-refractivity contribution is 6.28. The lowest BCUT2D eigenvalue weighted by Crippen LogP contribution is -2.01. The van der Waals surface area contributed by atoms with E-state index >= 15 is 0 Å². The van der Waals surface area contributed by atoms with E-state index in [1.165, 1.54) is 70.6 Å². The molecule has 138 heavy (non-hydrogen) atoms. The quantitative estimate of drug-likeness (QED) is 0.1000. The molecule has 0 saturated heterocycles. The van der Waals surface area contributed by atoms with Gasteiger partial charge in [0, 0.05) is 88.2 Å². The fraction of sp³-hybridized carbons (Fsp3) is 0. The van der Waals surface area contributed by atoms with Gasteiger partial charge >= 0.3 is 0 Å². The molecule has 0 amide bonds. The summed E-state index contributed by atoms with van der Waals surface area (Å²) in [5, 5.41) is 18.9. The van der Waals surface area contributed by atoms with Crippen molar-refractivity contribution >= 4 is 119 Å². The second-order valence-corrected chi connectivity index (χ2v) is 35.3. The van der Waals surface area contributed by atoms with Crippen LogP contribution < -0.4 is 0 Å². The number of nitrogens with zero attached hydrogens (tertiary/aromatic N) is 9. The van der Waals surface area contributed by atoms with Crippen molar-refractivity contribution < 1.29 is 0 Å². The van der Waals surface area contributed by atoms with E-state index in [0.717, 1.165) is 172 Å². The first-order chi connectivity index (χ1) is 68.4. The second kappa shape index (κ2) is 33.9. The zero-order chi connectivity index (χ0) is 91.1. The summed E-state index contributed by atoms with van der Waals surface area (Å²) in [5.74, 6) is 2.55. The molecule has 642 valence electrons. The molecule has 0 atom stereocenters. The monoisotopic (exact) mass is 1760 g/mol. The van der Waals surface area contributed by atoms with Crippen molar-refractivity contribution in [1.29, 1.82) is 0 Å². The SMILES string of the molecule is c1ccc(-c2ccc(-c3cc(-c4ccc(-c5cccc(-n6c7ccccc7c7c(-c8cc9ccccc9c9ccccc89)nc8ccccc8c76)c5)cc4)nc(-c4ccccc4)n3)cc2)cc1.c1ccc(-c2ccc(-c3nc(-c4ccccc4)nc(-c4ccc(-n5c6ccccc6c6c(-c7c(-c8cc9ccccc9c9ccccc89)ccc8ccccc78)nc7ccccc7c65)cc4)n3)cc2)cc1. The topological polar surface area (TPSA) is 100 Å². The summed E-state index contributed by atoms with van der Waals surface area (Å²) in [6.07, 6.45) is 0. The normalized spacial score (nSPS) is 11.6. The van der Waals surface area contributed by atoms with Gasteiger partial charge in [0.15, 0.2) is 23.3 Å². The molecule has 0 radical (unpaired) electrons. The maximum atomic E-state index is 5.71. The largest absolute Gasteiger partial charge is 0.308 e. The van der Waals surface area contributed by atoms with Gasteiger partial charge in [-0.2, -0.15) is 0 Å².